The van der Waals surface area contributed by atoms with E-state index in [0.29, 0.717) is 48.2 Å². The van der Waals surface area contributed by atoms with E-state index in [9.17, 15) is 14.4 Å². The SMILES string of the molecule is Cc1c(-c2ccccc2)oc2c(C(=O)NC3CCN(C(=O)OC(C)(C)C)CC3)cccc2c1=O. The van der Waals surface area contributed by atoms with Gasteiger partial charge in [0.1, 0.15) is 11.4 Å². The van der Waals surface area contributed by atoms with Crippen molar-refractivity contribution in [3.63, 3.8) is 0 Å². The summed E-state index contributed by atoms with van der Waals surface area (Å²) in [4.78, 5) is 40.2. The van der Waals surface area contributed by atoms with Crippen molar-refractivity contribution in [2.24, 2.45) is 0 Å². The largest absolute Gasteiger partial charge is 0.455 e. The highest BCUT2D eigenvalue weighted by atomic mass is 16.6. The minimum Gasteiger partial charge on any atom is -0.455 e. The third-order valence-electron chi connectivity index (χ3n) is 5.91. The van der Waals surface area contributed by atoms with Crippen molar-refractivity contribution in [2.45, 2.75) is 52.2 Å². The van der Waals surface area contributed by atoms with E-state index in [-0.39, 0.29) is 29.1 Å². The van der Waals surface area contributed by atoms with Gasteiger partial charge >= 0.3 is 6.09 Å². The molecule has 0 unspecified atom stereocenters. The fraction of sp³-hybridized carbons (Fsp3) is 0.370. The summed E-state index contributed by atoms with van der Waals surface area (Å²) < 4.78 is 11.6. The van der Waals surface area contributed by atoms with Crippen LogP contribution in [0.15, 0.2) is 57.7 Å². The van der Waals surface area contributed by atoms with Crippen molar-refractivity contribution >= 4 is 23.0 Å². The first kappa shape index (κ1) is 23.5. The highest BCUT2D eigenvalue weighted by Crippen LogP contribution is 2.27. The molecule has 178 valence electrons. The van der Waals surface area contributed by atoms with Gasteiger partial charge in [0, 0.05) is 30.3 Å². The van der Waals surface area contributed by atoms with Crippen LogP contribution in [-0.4, -0.2) is 41.6 Å². The minimum atomic E-state index is -0.544. The average molecular weight is 463 g/mol. The molecule has 0 saturated carbocycles. The molecular weight excluding hydrogens is 432 g/mol. The van der Waals surface area contributed by atoms with Crippen molar-refractivity contribution in [3.05, 3.63) is 69.9 Å². The van der Waals surface area contributed by atoms with Gasteiger partial charge in [0.05, 0.1) is 10.9 Å². The van der Waals surface area contributed by atoms with Crippen LogP contribution in [0, 0.1) is 6.92 Å². The number of nitrogens with one attached hydrogen (secondary N) is 1. The van der Waals surface area contributed by atoms with Crippen molar-refractivity contribution in [2.75, 3.05) is 13.1 Å². The van der Waals surface area contributed by atoms with Crippen LogP contribution in [-0.2, 0) is 4.74 Å². The van der Waals surface area contributed by atoms with Crippen molar-refractivity contribution in [1.29, 1.82) is 0 Å². The fourth-order valence-electron chi connectivity index (χ4n) is 4.15. The van der Waals surface area contributed by atoms with Crippen LogP contribution in [0.25, 0.3) is 22.3 Å². The van der Waals surface area contributed by atoms with Gasteiger partial charge in [-0.3, -0.25) is 9.59 Å². The Bertz CT molecular complexity index is 1270. The number of hydrogen-bond acceptors (Lipinski definition) is 5. The monoisotopic (exact) mass is 462 g/mol. The van der Waals surface area contributed by atoms with E-state index in [2.05, 4.69) is 5.32 Å². The molecule has 3 aromatic rings. The summed E-state index contributed by atoms with van der Waals surface area (Å²) in [6, 6.07) is 14.3. The summed E-state index contributed by atoms with van der Waals surface area (Å²) in [5.74, 6) is 0.163. The number of carbonyl (C=O) groups is 2. The molecule has 2 aromatic carbocycles. The number of ether oxygens (including phenoxy) is 1. The number of hydrogen-bond donors (Lipinski definition) is 1. The summed E-state index contributed by atoms with van der Waals surface area (Å²) in [6.45, 7) is 8.25. The zero-order valence-corrected chi connectivity index (χ0v) is 20.0. The van der Waals surface area contributed by atoms with Gasteiger partial charge in [-0.1, -0.05) is 36.4 Å². The summed E-state index contributed by atoms with van der Waals surface area (Å²) in [5.41, 5.74) is 1.19. The second-order valence-corrected chi connectivity index (χ2v) is 9.65. The van der Waals surface area contributed by atoms with Crippen LogP contribution in [0.4, 0.5) is 4.79 Å². The van der Waals surface area contributed by atoms with Gasteiger partial charge in [-0.05, 0) is 52.7 Å². The Morgan fingerprint density at radius 2 is 1.71 bits per heavy atom. The van der Waals surface area contributed by atoms with E-state index >= 15 is 0 Å². The molecule has 1 aliphatic rings. The van der Waals surface area contributed by atoms with Crippen molar-refractivity contribution < 1.29 is 18.7 Å². The lowest BCUT2D eigenvalue weighted by molar-refractivity contribution is 0.0199. The number of benzene rings is 2. The molecule has 2 heterocycles. The van der Waals surface area contributed by atoms with E-state index in [4.69, 9.17) is 9.15 Å². The van der Waals surface area contributed by atoms with Gasteiger partial charge < -0.3 is 19.4 Å². The molecule has 7 heteroatoms. The molecule has 1 fully saturated rings. The van der Waals surface area contributed by atoms with Crippen LogP contribution in [0.5, 0.6) is 0 Å². The number of rotatable bonds is 3. The first-order valence-corrected chi connectivity index (χ1v) is 11.5. The normalized spacial score (nSPS) is 14.8. The molecule has 0 bridgehead atoms. The fourth-order valence-corrected chi connectivity index (χ4v) is 4.15. The Morgan fingerprint density at radius 1 is 1.03 bits per heavy atom. The maximum atomic E-state index is 13.2. The third kappa shape index (κ3) is 4.98. The number of carbonyl (C=O) groups excluding carboxylic acids is 2. The molecule has 1 aromatic heterocycles. The van der Waals surface area contributed by atoms with Crippen LogP contribution < -0.4 is 10.7 Å². The molecule has 2 amide bonds. The van der Waals surface area contributed by atoms with Crippen LogP contribution in [0.2, 0.25) is 0 Å². The topological polar surface area (TPSA) is 88.8 Å². The number of fused-ring (bicyclic) bond motifs is 1. The Kier molecular flexibility index (Phi) is 6.46. The lowest BCUT2D eigenvalue weighted by Gasteiger charge is -2.33. The maximum absolute atomic E-state index is 13.2. The van der Waals surface area contributed by atoms with Gasteiger partial charge in [-0.2, -0.15) is 0 Å². The zero-order chi connectivity index (χ0) is 24.5. The third-order valence-corrected chi connectivity index (χ3v) is 5.91. The molecule has 0 aliphatic carbocycles. The molecule has 0 spiro atoms. The molecule has 7 nitrogen and oxygen atoms in total. The predicted octanol–water partition coefficient (Wildman–Crippen LogP) is 4.90. The molecule has 34 heavy (non-hydrogen) atoms. The molecular formula is C27H30N2O5. The Labute approximate surface area is 198 Å². The van der Waals surface area contributed by atoms with Gasteiger partial charge in [0.2, 0.25) is 0 Å². The maximum Gasteiger partial charge on any atom is 0.410 e. The van der Waals surface area contributed by atoms with Crippen LogP contribution in [0.1, 0.15) is 49.5 Å². The summed E-state index contributed by atoms with van der Waals surface area (Å²) in [7, 11) is 0. The number of nitrogens with zero attached hydrogens (tertiary/aromatic N) is 1. The number of piperidine rings is 1. The average Bonchev–Trinajstić information content (AvgIpc) is 2.81. The van der Waals surface area contributed by atoms with Gasteiger partial charge in [-0.25, -0.2) is 4.79 Å². The highest BCUT2D eigenvalue weighted by molar-refractivity contribution is 6.05. The first-order valence-electron chi connectivity index (χ1n) is 11.5. The first-order chi connectivity index (χ1) is 16.1. The lowest BCUT2D eigenvalue weighted by atomic mass is 10.0. The Balaban J connectivity index is 1.54. The minimum absolute atomic E-state index is 0.0905. The summed E-state index contributed by atoms with van der Waals surface area (Å²) >= 11 is 0. The molecule has 0 radical (unpaired) electrons. The molecule has 1 saturated heterocycles. The van der Waals surface area contributed by atoms with Gasteiger partial charge in [0.25, 0.3) is 5.91 Å². The van der Waals surface area contributed by atoms with Crippen LogP contribution >= 0.6 is 0 Å². The quantitative estimate of drug-likeness (QED) is 0.598. The van der Waals surface area contributed by atoms with E-state index in [1.54, 1.807) is 30.0 Å². The highest BCUT2D eigenvalue weighted by Gasteiger charge is 2.28. The summed E-state index contributed by atoms with van der Waals surface area (Å²) in [5, 5.41) is 3.43. The lowest BCUT2D eigenvalue weighted by Crippen LogP contribution is -2.47. The molecule has 1 aliphatic heterocycles. The van der Waals surface area contributed by atoms with Crippen LogP contribution in [0.3, 0.4) is 0 Å². The predicted molar refractivity (Wildman–Crippen MR) is 131 cm³/mol. The van der Waals surface area contributed by atoms with E-state index in [0.717, 1.165) is 5.56 Å². The molecule has 0 atom stereocenters. The van der Waals surface area contributed by atoms with Gasteiger partial charge in [0.15, 0.2) is 11.0 Å². The standard InChI is InChI=1S/C27H30N2O5/c1-17-22(30)20-11-8-12-21(24(20)33-23(17)18-9-6-5-7-10-18)25(31)28-19-13-15-29(16-14-19)26(32)34-27(2,3)4/h5-12,19H,13-16H2,1-4H3,(H,28,31). The molecule has 1 N–H and O–H groups in total. The molecule has 4 rings (SSSR count). The van der Waals surface area contributed by atoms with Crippen molar-refractivity contribution in [1.82, 2.24) is 10.2 Å². The number of amides is 2. The van der Waals surface area contributed by atoms with E-state index in [1.165, 1.54) is 0 Å². The van der Waals surface area contributed by atoms with Crippen molar-refractivity contribution in [3.8, 4) is 11.3 Å². The Morgan fingerprint density at radius 3 is 2.35 bits per heavy atom. The zero-order valence-electron chi connectivity index (χ0n) is 20.0. The summed E-state index contributed by atoms with van der Waals surface area (Å²) in [6.07, 6.45) is 0.902. The van der Waals surface area contributed by atoms with Gasteiger partial charge in [-0.15, -0.1) is 0 Å². The second kappa shape index (κ2) is 9.33. The number of likely N-dealkylation sites (tertiary alicyclic amines) is 1. The Hall–Kier alpha value is -3.61. The second-order valence-electron chi connectivity index (χ2n) is 9.65. The smallest absolute Gasteiger partial charge is 0.410 e. The van der Waals surface area contributed by atoms with E-state index in [1.807, 2.05) is 51.1 Å². The number of para-hydroxylation sites is 1. The van der Waals surface area contributed by atoms with E-state index < -0.39 is 5.60 Å².